The summed E-state index contributed by atoms with van der Waals surface area (Å²) in [5.41, 5.74) is 1.28. The fourth-order valence-corrected chi connectivity index (χ4v) is 1.37. The maximum Gasteiger partial charge on any atom is 0.325 e. The largest absolute Gasteiger partial charge is 0.465 e. The number of hydrogen-bond donors (Lipinski definition) is 1. The predicted octanol–water partition coefficient (Wildman–Crippen LogP) is 0.275. The topological polar surface area (TPSA) is 73.2 Å². The third kappa shape index (κ3) is 3.58. The van der Waals surface area contributed by atoms with Gasteiger partial charge in [-0.1, -0.05) is 6.92 Å². The molecule has 6 heteroatoms. The molecule has 1 amide bonds. The number of hydrogen-bond acceptors (Lipinski definition) is 4. The van der Waals surface area contributed by atoms with E-state index in [1.54, 1.807) is 20.0 Å². The van der Waals surface area contributed by atoms with Gasteiger partial charge in [-0.15, -0.1) is 0 Å². The van der Waals surface area contributed by atoms with E-state index in [-0.39, 0.29) is 12.5 Å². The van der Waals surface area contributed by atoms with E-state index in [9.17, 15) is 9.59 Å². The predicted molar refractivity (Wildman–Crippen MR) is 61.6 cm³/mol. The normalized spacial score (nSPS) is 10.1. The number of esters is 1. The minimum atomic E-state index is -0.446. The van der Waals surface area contributed by atoms with Crippen LogP contribution in [0.15, 0.2) is 6.07 Å². The van der Waals surface area contributed by atoms with E-state index in [0.717, 1.165) is 12.1 Å². The van der Waals surface area contributed by atoms with Crippen molar-refractivity contribution in [2.75, 3.05) is 13.2 Å². The van der Waals surface area contributed by atoms with Crippen molar-refractivity contribution in [3.63, 3.8) is 0 Å². The molecule has 0 fully saturated rings. The number of amides is 1. The molecule has 1 rings (SSSR count). The van der Waals surface area contributed by atoms with Crippen LogP contribution in [0.4, 0.5) is 0 Å². The van der Waals surface area contributed by atoms with Crippen LogP contribution in [-0.2, 0) is 23.0 Å². The van der Waals surface area contributed by atoms with Crippen LogP contribution in [0.25, 0.3) is 0 Å². The second-order valence-electron chi connectivity index (χ2n) is 3.49. The van der Waals surface area contributed by atoms with Crippen LogP contribution < -0.4 is 5.32 Å². The van der Waals surface area contributed by atoms with Crippen molar-refractivity contribution in [1.82, 2.24) is 15.1 Å². The van der Waals surface area contributed by atoms with Gasteiger partial charge in [-0.25, -0.2) is 0 Å². The Morgan fingerprint density at radius 1 is 1.47 bits per heavy atom. The molecule has 1 aromatic rings. The van der Waals surface area contributed by atoms with E-state index in [4.69, 9.17) is 4.74 Å². The number of carbonyl (C=O) groups excluding carboxylic acids is 2. The van der Waals surface area contributed by atoms with Gasteiger partial charge in [0.05, 0.1) is 12.3 Å². The fraction of sp³-hybridized carbons (Fsp3) is 0.545. The van der Waals surface area contributed by atoms with Crippen molar-refractivity contribution in [3.05, 3.63) is 17.5 Å². The molecule has 0 saturated heterocycles. The zero-order valence-electron chi connectivity index (χ0n) is 10.3. The van der Waals surface area contributed by atoms with Crippen molar-refractivity contribution in [2.45, 2.75) is 20.3 Å². The van der Waals surface area contributed by atoms with Gasteiger partial charge < -0.3 is 10.1 Å². The molecule has 0 spiro atoms. The minimum absolute atomic E-state index is 0.126. The Bertz CT molecular complexity index is 412. The molecule has 94 valence electrons. The highest BCUT2D eigenvalue weighted by Crippen LogP contribution is 2.03. The van der Waals surface area contributed by atoms with E-state index in [0.29, 0.717) is 12.3 Å². The van der Waals surface area contributed by atoms with Gasteiger partial charge in [-0.2, -0.15) is 5.10 Å². The molecule has 0 radical (unpaired) electrons. The molecule has 0 atom stereocenters. The Morgan fingerprint density at radius 3 is 2.71 bits per heavy atom. The molecule has 0 aliphatic heterocycles. The lowest BCUT2D eigenvalue weighted by atomic mass is 10.3. The van der Waals surface area contributed by atoms with Gasteiger partial charge in [0.1, 0.15) is 12.2 Å². The third-order valence-electron chi connectivity index (χ3n) is 2.22. The quantitative estimate of drug-likeness (QED) is 0.749. The van der Waals surface area contributed by atoms with E-state index >= 15 is 0 Å². The van der Waals surface area contributed by atoms with Crippen LogP contribution in [0.1, 0.15) is 30.0 Å². The summed E-state index contributed by atoms with van der Waals surface area (Å²) >= 11 is 0. The Kier molecular flexibility index (Phi) is 4.68. The molecule has 17 heavy (non-hydrogen) atoms. The number of aromatic nitrogens is 2. The number of carbonyl (C=O) groups is 2. The maximum absolute atomic E-state index is 11.7. The lowest BCUT2D eigenvalue weighted by Gasteiger charge is -2.04. The molecule has 0 unspecified atom stereocenters. The summed E-state index contributed by atoms with van der Waals surface area (Å²) in [4.78, 5) is 22.8. The Balaban J connectivity index is 2.57. The van der Waals surface area contributed by atoms with Crippen molar-refractivity contribution >= 4 is 11.9 Å². The standard InChI is InChI=1S/C11H17N3O3/c1-4-8-6-9(14(3)13-8)11(16)12-7-10(15)17-5-2/h6H,4-5,7H2,1-3H3,(H,12,16). The summed E-state index contributed by atoms with van der Waals surface area (Å²) in [6.07, 6.45) is 0.763. The van der Waals surface area contributed by atoms with Crippen LogP contribution in [0.5, 0.6) is 0 Å². The van der Waals surface area contributed by atoms with Crippen molar-refractivity contribution in [1.29, 1.82) is 0 Å². The molecule has 0 aromatic carbocycles. The molecule has 1 aromatic heterocycles. The number of rotatable bonds is 5. The second kappa shape index (κ2) is 6.03. The van der Waals surface area contributed by atoms with E-state index < -0.39 is 5.97 Å². The smallest absolute Gasteiger partial charge is 0.325 e. The summed E-state index contributed by atoms with van der Waals surface area (Å²) < 4.78 is 6.21. The number of nitrogens with zero attached hydrogens (tertiary/aromatic N) is 2. The molecule has 0 bridgehead atoms. The van der Waals surface area contributed by atoms with Crippen molar-refractivity contribution in [2.24, 2.45) is 7.05 Å². The molecule has 0 aliphatic carbocycles. The number of aryl methyl sites for hydroxylation is 2. The molecule has 0 saturated carbocycles. The first-order chi connectivity index (χ1) is 8.08. The second-order valence-corrected chi connectivity index (χ2v) is 3.49. The van der Waals surface area contributed by atoms with E-state index in [1.165, 1.54) is 4.68 Å². The lowest BCUT2D eigenvalue weighted by Crippen LogP contribution is -2.31. The highest BCUT2D eigenvalue weighted by atomic mass is 16.5. The van der Waals surface area contributed by atoms with Gasteiger partial charge in [0.25, 0.3) is 5.91 Å². The Labute approximate surface area is 99.9 Å². The van der Waals surface area contributed by atoms with Gasteiger partial charge >= 0.3 is 5.97 Å². The molecule has 6 nitrogen and oxygen atoms in total. The van der Waals surface area contributed by atoms with E-state index in [1.807, 2.05) is 6.92 Å². The van der Waals surface area contributed by atoms with Gasteiger partial charge in [-0.3, -0.25) is 14.3 Å². The van der Waals surface area contributed by atoms with Gasteiger partial charge in [0, 0.05) is 7.05 Å². The first-order valence-corrected chi connectivity index (χ1v) is 5.55. The molecule has 1 N–H and O–H groups in total. The highest BCUT2D eigenvalue weighted by Gasteiger charge is 2.13. The monoisotopic (exact) mass is 239 g/mol. The van der Waals surface area contributed by atoms with Crippen LogP contribution in [0.3, 0.4) is 0 Å². The van der Waals surface area contributed by atoms with Crippen molar-refractivity contribution in [3.8, 4) is 0 Å². The van der Waals surface area contributed by atoms with Crippen molar-refractivity contribution < 1.29 is 14.3 Å². The third-order valence-corrected chi connectivity index (χ3v) is 2.22. The average Bonchev–Trinajstić information content (AvgIpc) is 2.68. The van der Waals surface area contributed by atoms with Gasteiger partial charge in [-0.05, 0) is 19.4 Å². The fourth-order valence-electron chi connectivity index (χ4n) is 1.37. The Hall–Kier alpha value is -1.85. The zero-order chi connectivity index (χ0) is 12.8. The van der Waals surface area contributed by atoms with Crippen LogP contribution in [0.2, 0.25) is 0 Å². The first kappa shape index (κ1) is 13.2. The summed E-state index contributed by atoms with van der Waals surface area (Å²) in [7, 11) is 1.69. The summed E-state index contributed by atoms with van der Waals surface area (Å²) in [5, 5.41) is 6.64. The molecular weight excluding hydrogens is 222 g/mol. The van der Waals surface area contributed by atoms with Crippen LogP contribution in [0, 0.1) is 0 Å². The van der Waals surface area contributed by atoms with Crippen LogP contribution >= 0.6 is 0 Å². The SMILES string of the molecule is CCOC(=O)CNC(=O)c1cc(CC)nn1C. The van der Waals surface area contributed by atoms with Crippen LogP contribution in [-0.4, -0.2) is 34.8 Å². The lowest BCUT2D eigenvalue weighted by molar-refractivity contribution is -0.141. The molecular formula is C11H17N3O3. The molecule has 0 aliphatic rings. The Morgan fingerprint density at radius 2 is 2.18 bits per heavy atom. The van der Waals surface area contributed by atoms with Gasteiger partial charge in [0.2, 0.25) is 0 Å². The summed E-state index contributed by atoms with van der Waals surface area (Å²) in [6.45, 7) is 3.86. The molecule has 1 heterocycles. The maximum atomic E-state index is 11.7. The average molecular weight is 239 g/mol. The first-order valence-electron chi connectivity index (χ1n) is 5.55. The minimum Gasteiger partial charge on any atom is -0.465 e. The van der Waals surface area contributed by atoms with Gasteiger partial charge in [0.15, 0.2) is 0 Å². The van der Waals surface area contributed by atoms with E-state index in [2.05, 4.69) is 10.4 Å². The summed E-state index contributed by atoms with van der Waals surface area (Å²) in [6, 6.07) is 1.71. The summed E-state index contributed by atoms with van der Waals surface area (Å²) in [5.74, 6) is -0.772. The zero-order valence-corrected chi connectivity index (χ0v) is 10.3. The highest BCUT2D eigenvalue weighted by molar-refractivity contribution is 5.94. The number of nitrogens with one attached hydrogen (secondary N) is 1. The number of ether oxygens (including phenoxy) is 1.